The minimum atomic E-state index is -0.356. The van der Waals surface area contributed by atoms with Crippen molar-refractivity contribution in [1.82, 2.24) is 14.6 Å². The highest BCUT2D eigenvalue weighted by Crippen LogP contribution is 2.29. The second kappa shape index (κ2) is 5.35. The minimum absolute atomic E-state index is 0.288. The van der Waals surface area contributed by atoms with E-state index in [2.05, 4.69) is 15.4 Å². The van der Waals surface area contributed by atoms with Crippen LogP contribution in [0.1, 0.15) is 16.2 Å². The molecule has 0 saturated heterocycles. The number of benzene rings is 1. The summed E-state index contributed by atoms with van der Waals surface area (Å²) in [5.41, 5.74) is 2.16. The Morgan fingerprint density at radius 1 is 1.29 bits per heavy atom. The van der Waals surface area contributed by atoms with Crippen LogP contribution in [0.4, 0.5) is 5.69 Å². The third-order valence-electron chi connectivity index (χ3n) is 2.97. The third-order valence-corrected chi connectivity index (χ3v) is 3.79. The van der Waals surface area contributed by atoms with Gasteiger partial charge < -0.3 is 5.32 Å². The van der Waals surface area contributed by atoms with Gasteiger partial charge in [-0.05, 0) is 25.1 Å². The number of fused-ring (bicyclic) bond motifs is 1. The number of aryl methyl sites for hydroxylation is 1. The Hall–Kier alpha value is -2.11. The van der Waals surface area contributed by atoms with Crippen LogP contribution in [0.5, 0.6) is 0 Å². The van der Waals surface area contributed by atoms with Crippen molar-refractivity contribution in [1.29, 1.82) is 0 Å². The van der Waals surface area contributed by atoms with E-state index >= 15 is 0 Å². The highest BCUT2D eigenvalue weighted by molar-refractivity contribution is 6.44. The van der Waals surface area contributed by atoms with Crippen molar-refractivity contribution < 1.29 is 4.79 Å². The number of nitrogens with zero attached hydrogens (tertiary/aromatic N) is 3. The average Bonchev–Trinajstić information content (AvgIpc) is 2.92. The zero-order valence-electron chi connectivity index (χ0n) is 11.0. The highest BCUT2D eigenvalue weighted by atomic mass is 35.5. The summed E-state index contributed by atoms with van der Waals surface area (Å²) in [6.45, 7) is 1.85. The molecule has 3 rings (SSSR count). The Balaban J connectivity index is 1.95. The van der Waals surface area contributed by atoms with E-state index in [0.29, 0.717) is 21.4 Å². The number of halogens is 2. The molecule has 5 nitrogen and oxygen atoms in total. The molecule has 1 amide bonds. The fourth-order valence-electron chi connectivity index (χ4n) is 1.97. The first-order valence-corrected chi connectivity index (χ1v) is 6.88. The molecule has 106 valence electrons. The molecule has 0 spiro atoms. The topological polar surface area (TPSA) is 59.3 Å². The maximum Gasteiger partial charge on any atom is 0.274 e. The summed E-state index contributed by atoms with van der Waals surface area (Å²) in [6, 6.07) is 8.43. The normalized spacial score (nSPS) is 10.8. The summed E-state index contributed by atoms with van der Waals surface area (Å²) < 4.78 is 1.66. The SMILES string of the molecule is Cc1cc(C(=O)Nc2cccc(Cl)c2Cl)nc2ccnn12. The maximum atomic E-state index is 12.3. The number of carbonyl (C=O) groups excluding carboxylic acids is 1. The number of nitrogens with one attached hydrogen (secondary N) is 1. The van der Waals surface area contributed by atoms with Gasteiger partial charge in [0.2, 0.25) is 0 Å². The summed E-state index contributed by atoms with van der Waals surface area (Å²) in [6.07, 6.45) is 1.63. The van der Waals surface area contributed by atoms with Crippen LogP contribution in [0, 0.1) is 6.92 Å². The lowest BCUT2D eigenvalue weighted by Crippen LogP contribution is -2.15. The van der Waals surface area contributed by atoms with E-state index in [1.54, 1.807) is 41.0 Å². The Kier molecular flexibility index (Phi) is 3.53. The monoisotopic (exact) mass is 320 g/mol. The van der Waals surface area contributed by atoms with E-state index in [0.717, 1.165) is 5.69 Å². The Labute approximate surface area is 130 Å². The maximum absolute atomic E-state index is 12.3. The van der Waals surface area contributed by atoms with Crippen LogP contribution in [0.25, 0.3) is 5.65 Å². The second-order valence-corrected chi connectivity index (χ2v) is 5.22. The molecule has 0 aliphatic heterocycles. The van der Waals surface area contributed by atoms with Crippen molar-refractivity contribution in [2.24, 2.45) is 0 Å². The van der Waals surface area contributed by atoms with Gasteiger partial charge in [0.1, 0.15) is 5.69 Å². The molecule has 7 heteroatoms. The summed E-state index contributed by atoms with van der Waals surface area (Å²) in [5.74, 6) is -0.356. The molecule has 1 N–H and O–H groups in total. The van der Waals surface area contributed by atoms with Gasteiger partial charge in [0.05, 0.1) is 21.9 Å². The summed E-state index contributed by atoms with van der Waals surface area (Å²) in [5, 5.41) is 7.50. The molecule has 2 heterocycles. The number of aromatic nitrogens is 3. The molecule has 0 aliphatic rings. The van der Waals surface area contributed by atoms with E-state index in [4.69, 9.17) is 23.2 Å². The van der Waals surface area contributed by atoms with Gasteiger partial charge in [-0.2, -0.15) is 5.10 Å². The fourth-order valence-corrected chi connectivity index (χ4v) is 2.32. The summed E-state index contributed by atoms with van der Waals surface area (Å²) in [4.78, 5) is 16.5. The van der Waals surface area contributed by atoms with Crippen LogP contribution >= 0.6 is 23.2 Å². The van der Waals surface area contributed by atoms with Gasteiger partial charge in [-0.3, -0.25) is 4.79 Å². The van der Waals surface area contributed by atoms with Crippen molar-refractivity contribution in [2.75, 3.05) is 5.32 Å². The molecule has 1 aromatic carbocycles. The lowest BCUT2D eigenvalue weighted by Gasteiger charge is -2.08. The zero-order chi connectivity index (χ0) is 15.0. The molecular formula is C14H10Cl2N4O. The predicted octanol–water partition coefficient (Wildman–Crippen LogP) is 3.60. The lowest BCUT2D eigenvalue weighted by atomic mass is 10.2. The van der Waals surface area contributed by atoms with E-state index in [9.17, 15) is 4.79 Å². The molecule has 0 aliphatic carbocycles. The van der Waals surface area contributed by atoms with Crippen LogP contribution < -0.4 is 5.32 Å². The number of carbonyl (C=O) groups is 1. The van der Waals surface area contributed by atoms with Gasteiger partial charge in [0, 0.05) is 11.8 Å². The van der Waals surface area contributed by atoms with E-state index in [-0.39, 0.29) is 11.6 Å². The third kappa shape index (κ3) is 2.57. The number of anilines is 1. The van der Waals surface area contributed by atoms with E-state index in [1.165, 1.54) is 0 Å². The zero-order valence-corrected chi connectivity index (χ0v) is 12.5. The van der Waals surface area contributed by atoms with Crippen LogP contribution in [-0.4, -0.2) is 20.5 Å². The summed E-state index contributed by atoms with van der Waals surface area (Å²) in [7, 11) is 0. The molecule has 0 saturated carbocycles. The largest absolute Gasteiger partial charge is 0.319 e. The van der Waals surface area contributed by atoms with Gasteiger partial charge in [0.15, 0.2) is 5.65 Å². The Bertz CT molecular complexity index is 844. The molecule has 0 atom stereocenters. The average molecular weight is 321 g/mol. The number of hydrogen-bond acceptors (Lipinski definition) is 3. The van der Waals surface area contributed by atoms with Gasteiger partial charge in [-0.25, -0.2) is 9.50 Å². The smallest absolute Gasteiger partial charge is 0.274 e. The van der Waals surface area contributed by atoms with Crippen LogP contribution in [0.15, 0.2) is 36.5 Å². The van der Waals surface area contributed by atoms with Gasteiger partial charge in [0.25, 0.3) is 5.91 Å². The Morgan fingerprint density at radius 3 is 2.90 bits per heavy atom. The van der Waals surface area contributed by atoms with Crippen molar-refractivity contribution >= 4 is 40.4 Å². The first-order valence-electron chi connectivity index (χ1n) is 6.13. The number of hydrogen-bond donors (Lipinski definition) is 1. The lowest BCUT2D eigenvalue weighted by molar-refractivity contribution is 0.102. The molecule has 3 aromatic rings. The van der Waals surface area contributed by atoms with Gasteiger partial charge in [-0.15, -0.1) is 0 Å². The summed E-state index contributed by atoms with van der Waals surface area (Å²) >= 11 is 12.0. The fraction of sp³-hybridized carbons (Fsp3) is 0.0714. The van der Waals surface area contributed by atoms with Crippen molar-refractivity contribution in [2.45, 2.75) is 6.92 Å². The van der Waals surface area contributed by atoms with E-state index in [1.807, 2.05) is 6.92 Å². The van der Waals surface area contributed by atoms with Crippen LogP contribution in [-0.2, 0) is 0 Å². The van der Waals surface area contributed by atoms with Crippen molar-refractivity contribution in [3.8, 4) is 0 Å². The molecule has 21 heavy (non-hydrogen) atoms. The number of rotatable bonds is 2. The van der Waals surface area contributed by atoms with Gasteiger partial charge in [-0.1, -0.05) is 29.3 Å². The van der Waals surface area contributed by atoms with Crippen molar-refractivity contribution in [3.63, 3.8) is 0 Å². The standard InChI is InChI=1S/C14H10Cl2N4O/c1-8-7-11(18-12-5-6-17-20(8)12)14(21)19-10-4-2-3-9(15)13(10)16/h2-7H,1H3,(H,19,21). The quantitative estimate of drug-likeness (QED) is 0.784. The highest BCUT2D eigenvalue weighted by Gasteiger charge is 2.13. The molecule has 0 bridgehead atoms. The molecule has 0 radical (unpaired) electrons. The number of amides is 1. The second-order valence-electron chi connectivity index (χ2n) is 4.44. The Morgan fingerprint density at radius 2 is 2.10 bits per heavy atom. The molecule has 0 fully saturated rings. The minimum Gasteiger partial charge on any atom is -0.319 e. The molecular weight excluding hydrogens is 311 g/mol. The van der Waals surface area contributed by atoms with E-state index < -0.39 is 0 Å². The first-order chi connectivity index (χ1) is 10.1. The van der Waals surface area contributed by atoms with Crippen LogP contribution in [0.3, 0.4) is 0 Å². The van der Waals surface area contributed by atoms with Gasteiger partial charge >= 0.3 is 0 Å². The van der Waals surface area contributed by atoms with Crippen LogP contribution in [0.2, 0.25) is 10.0 Å². The van der Waals surface area contributed by atoms with Crippen molar-refractivity contribution in [3.05, 3.63) is 58.0 Å². The molecule has 2 aromatic heterocycles. The predicted molar refractivity (Wildman–Crippen MR) is 82.1 cm³/mol. The first kappa shape index (κ1) is 13.9. The molecule has 0 unspecified atom stereocenters.